The lowest BCUT2D eigenvalue weighted by Gasteiger charge is -2.42. The molecule has 1 saturated heterocycles. The fourth-order valence-corrected chi connectivity index (χ4v) is 2.18. The average Bonchev–Trinajstić information content (AvgIpc) is 2.39. The number of hydrogen-bond donors (Lipinski definition) is 1. The molecule has 1 fully saturated rings. The van der Waals surface area contributed by atoms with Gasteiger partial charge in [0, 0.05) is 5.92 Å². The maximum absolute atomic E-state index is 9.64. The van der Waals surface area contributed by atoms with Gasteiger partial charge in [0.2, 0.25) is 6.29 Å². The predicted octanol–water partition coefficient (Wildman–Crippen LogP) is 3.20. The largest absolute Gasteiger partial charge is 0.470 e. The van der Waals surface area contributed by atoms with Gasteiger partial charge in [0.1, 0.15) is 6.61 Å². The van der Waals surface area contributed by atoms with Crippen molar-refractivity contribution in [1.29, 1.82) is 0 Å². The highest BCUT2D eigenvalue weighted by Gasteiger charge is 2.39. The van der Waals surface area contributed by atoms with E-state index in [4.69, 9.17) is 14.2 Å². The molecule has 19 heavy (non-hydrogen) atoms. The van der Waals surface area contributed by atoms with Crippen molar-refractivity contribution >= 4 is 0 Å². The van der Waals surface area contributed by atoms with Crippen molar-refractivity contribution in [2.24, 2.45) is 5.92 Å². The van der Waals surface area contributed by atoms with Gasteiger partial charge in [-0.15, -0.1) is 0 Å². The highest BCUT2D eigenvalue weighted by Crippen LogP contribution is 2.31. The van der Waals surface area contributed by atoms with Crippen LogP contribution in [0.15, 0.2) is 11.8 Å². The summed E-state index contributed by atoms with van der Waals surface area (Å²) in [6.07, 6.45) is 5.04. The van der Waals surface area contributed by atoms with Crippen LogP contribution < -0.4 is 0 Å². The molecule has 1 rings (SSSR count). The van der Waals surface area contributed by atoms with Crippen LogP contribution in [-0.2, 0) is 14.2 Å². The number of rotatable bonds is 9. The van der Waals surface area contributed by atoms with Gasteiger partial charge in [-0.2, -0.15) is 0 Å². The smallest absolute Gasteiger partial charge is 0.220 e. The van der Waals surface area contributed by atoms with E-state index in [1.165, 1.54) is 0 Å². The monoisotopic (exact) mass is 272 g/mol. The van der Waals surface area contributed by atoms with Gasteiger partial charge < -0.3 is 19.3 Å². The summed E-state index contributed by atoms with van der Waals surface area (Å²) < 4.78 is 16.3. The summed E-state index contributed by atoms with van der Waals surface area (Å²) in [7, 11) is 0. The molecule has 4 atom stereocenters. The zero-order chi connectivity index (χ0) is 14.3. The van der Waals surface area contributed by atoms with E-state index in [0.717, 1.165) is 31.3 Å². The van der Waals surface area contributed by atoms with E-state index in [-0.39, 0.29) is 12.9 Å². The van der Waals surface area contributed by atoms with Gasteiger partial charge in [-0.25, -0.2) is 0 Å². The van der Waals surface area contributed by atoms with Gasteiger partial charge in [0.05, 0.1) is 12.4 Å². The van der Waals surface area contributed by atoms with E-state index < -0.39 is 6.29 Å². The summed E-state index contributed by atoms with van der Waals surface area (Å²) in [6, 6.07) is 0. The Morgan fingerprint density at radius 2 is 2.11 bits per heavy atom. The molecule has 0 radical (unpaired) electrons. The SMILES string of the molecule is CCCC(C)=COC(O)COC1OC(CCC)C1C. The summed E-state index contributed by atoms with van der Waals surface area (Å²) >= 11 is 0. The predicted molar refractivity (Wildman–Crippen MR) is 74.4 cm³/mol. The molecule has 0 aromatic heterocycles. The lowest BCUT2D eigenvalue weighted by molar-refractivity contribution is -0.310. The molecule has 1 heterocycles. The van der Waals surface area contributed by atoms with Crippen molar-refractivity contribution in [3.63, 3.8) is 0 Å². The molecular weight excluding hydrogens is 244 g/mol. The van der Waals surface area contributed by atoms with Crippen molar-refractivity contribution in [3.8, 4) is 0 Å². The molecule has 0 saturated carbocycles. The maximum Gasteiger partial charge on any atom is 0.220 e. The highest BCUT2D eigenvalue weighted by atomic mass is 16.7. The first kappa shape index (κ1) is 16.5. The maximum atomic E-state index is 9.64. The Bertz CT molecular complexity index is 277. The Labute approximate surface area is 116 Å². The van der Waals surface area contributed by atoms with Crippen molar-refractivity contribution in [3.05, 3.63) is 11.8 Å². The quantitative estimate of drug-likeness (QED) is 0.517. The van der Waals surface area contributed by atoms with Crippen LogP contribution in [0.4, 0.5) is 0 Å². The Morgan fingerprint density at radius 1 is 1.37 bits per heavy atom. The van der Waals surface area contributed by atoms with Crippen molar-refractivity contribution in [2.75, 3.05) is 6.61 Å². The summed E-state index contributed by atoms with van der Waals surface area (Å²) in [4.78, 5) is 0. The second-order valence-corrected chi connectivity index (χ2v) is 5.33. The van der Waals surface area contributed by atoms with Crippen LogP contribution in [0.5, 0.6) is 0 Å². The number of aliphatic hydroxyl groups excluding tert-OH is 1. The van der Waals surface area contributed by atoms with Crippen molar-refractivity contribution in [2.45, 2.75) is 72.1 Å². The van der Waals surface area contributed by atoms with E-state index in [1.807, 2.05) is 6.92 Å². The van der Waals surface area contributed by atoms with Gasteiger partial charge in [0.25, 0.3) is 0 Å². The zero-order valence-electron chi connectivity index (χ0n) is 12.6. The molecule has 0 aromatic carbocycles. The second-order valence-electron chi connectivity index (χ2n) is 5.33. The molecule has 4 heteroatoms. The molecule has 0 spiro atoms. The number of allylic oxidation sites excluding steroid dienone is 1. The van der Waals surface area contributed by atoms with Crippen LogP contribution in [0, 0.1) is 5.92 Å². The third kappa shape index (κ3) is 5.51. The first-order chi connectivity index (χ1) is 9.08. The molecule has 4 unspecified atom stereocenters. The third-order valence-corrected chi connectivity index (χ3v) is 3.37. The van der Waals surface area contributed by atoms with Crippen LogP contribution in [0.25, 0.3) is 0 Å². The molecule has 0 amide bonds. The molecule has 0 aromatic rings. The van der Waals surface area contributed by atoms with E-state index in [9.17, 15) is 5.11 Å². The molecule has 0 bridgehead atoms. The third-order valence-electron chi connectivity index (χ3n) is 3.37. The summed E-state index contributed by atoms with van der Waals surface area (Å²) in [5.41, 5.74) is 1.12. The second kappa shape index (κ2) is 8.56. The fourth-order valence-electron chi connectivity index (χ4n) is 2.18. The average molecular weight is 272 g/mol. The van der Waals surface area contributed by atoms with Gasteiger partial charge in [-0.05, 0) is 25.3 Å². The normalized spacial score (nSPS) is 28.9. The highest BCUT2D eigenvalue weighted by molar-refractivity contribution is 4.92. The van der Waals surface area contributed by atoms with E-state index in [2.05, 4.69) is 20.8 Å². The van der Waals surface area contributed by atoms with Crippen LogP contribution in [0.3, 0.4) is 0 Å². The summed E-state index contributed by atoms with van der Waals surface area (Å²) in [6.45, 7) is 8.51. The van der Waals surface area contributed by atoms with Crippen molar-refractivity contribution in [1.82, 2.24) is 0 Å². The molecule has 1 N–H and O–H groups in total. The minimum atomic E-state index is -0.923. The van der Waals surface area contributed by atoms with Gasteiger partial charge in [-0.1, -0.05) is 33.6 Å². The Hall–Kier alpha value is -0.580. The number of hydrogen-bond acceptors (Lipinski definition) is 4. The van der Waals surface area contributed by atoms with Gasteiger partial charge in [0.15, 0.2) is 6.29 Å². The topological polar surface area (TPSA) is 47.9 Å². The lowest BCUT2D eigenvalue weighted by atomic mass is 9.94. The summed E-state index contributed by atoms with van der Waals surface area (Å²) in [5.74, 6) is 0.393. The lowest BCUT2D eigenvalue weighted by Crippen LogP contribution is -2.49. The van der Waals surface area contributed by atoms with Crippen LogP contribution in [0.1, 0.15) is 53.4 Å². The Morgan fingerprint density at radius 3 is 2.68 bits per heavy atom. The van der Waals surface area contributed by atoms with Gasteiger partial charge in [-0.3, -0.25) is 0 Å². The molecule has 112 valence electrons. The first-order valence-corrected chi connectivity index (χ1v) is 7.34. The molecular formula is C15H28O4. The number of ether oxygens (including phenoxy) is 3. The first-order valence-electron chi connectivity index (χ1n) is 7.34. The molecule has 0 aliphatic carbocycles. The van der Waals surface area contributed by atoms with E-state index in [1.54, 1.807) is 6.26 Å². The molecule has 1 aliphatic rings. The fraction of sp³-hybridized carbons (Fsp3) is 0.867. The Balaban J connectivity index is 2.14. The minimum absolute atomic E-state index is 0.143. The molecule has 4 nitrogen and oxygen atoms in total. The van der Waals surface area contributed by atoms with Gasteiger partial charge >= 0.3 is 0 Å². The standard InChI is InChI=1S/C15H28O4/c1-5-7-11(3)9-17-14(16)10-18-15-12(4)13(19-15)8-6-2/h9,12-16H,5-8,10H2,1-4H3. The van der Waals surface area contributed by atoms with Crippen LogP contribution in [-0.4, -0.2) is 30.4 Å². The van der Waals surface area contributed by atoms with Crippen LogP contribution in [0.2, 0.25) is 0 Å². The van der Waals surface area contributed by atoms with Crippen molar-refractivity contribution < 1.29 is 19.3 Å². The van der Waals surface area contributed by atoms with E-state index in [0.29, 0.717) is 12.0 Å². The summed E-state index contributed by atoms with van der Waals surface area (Å²) in [5, 5.41) is 9.64. The zero-order valence-corrected chi connectivity index (χ0v) is 12.6. The Kier molecular flexibility index (Phi) is 7.42. The van der Waals surface area contributed by atoms with Crippen LogP contribution >= 0.6 is 0 Å². The molecule has 1 aliphatic heterocycles. The number of aliphatic hydroxyl groups is 1. The van der Waals surface area contributed by atoms with E-state index >= 15 is 0 Å². The minimum Gasteiger partial charge on any atom is -0.470 e.